The van der Waals surface area contributed by atoms with E-state index in [1.807, 2.05) is 18.2 Å². The summed E-state index contributed by atoms with van der Waals surface area (Å²) < 4.78 is 1.77. The summed E-state index contributed by atoms with van der Waals surface area (Å²) in [6.07, 6.45) is 5.31. The van der Waals surface area contributed by atoms with Gasteiger partial charge in [0.25, 0.3) is 5.78 Å². The number of fused-ring (bicyclic) bond motifs is 1. The fourth-order valence-corrected chi connectivity index (χ4v) is 3.06. The van der Waals surface area contributed by atoms with Crippen LogP contribution in [0.4, 0.5) is 0 Å². The Morgan fingerprint density at radius 2 is 2.00 bits per heavy atom. The number of hydrogen-bond donors (Lipinski definition) is 0. The monoisotopic (exact) mass is 318 g/mol. The lowest BCUT2D eigenvalue weighted by Crippen LogP contribution is -2.10. The molecule has 0 N–H and O–H groups in total. The smallest absolute Gasteiger partial charge is 0.220 e. The topological polar surface area (TPSA) is 43.1 Å². The Kier molecular flexibility index (Phi) is 3.08. The van der Waals surface area contributed by atoms with Crippen LogP contribution in [0.3, 0.4) is 0 Å². The van der Waals surface area contributed by atoms with Crippen LogP contribution in [0.2, 0.25) is 10.0 Å². The first-order valence-electron chi connectivity index (χ1n) is 6.89. The molecule has 0 saturated heterocycles. The molecule has 0 bridgehead atoms. The standard InChI is InChI=1S/C15H12Cl2N4/c16-10-4-5-11(12(17)8-10)13-6-7-18-15-19-14(20-21(13)15)9-2-1-3-9/h4-9H,1-3H2. The molecule has 1 aliphatic rings. The lowest BCUT2D eigenvalue weighted by molar-refractivity contribution is 0.402. The fourth-order valence-electron chi connectivity index (χ4n) is 2.55. The van der Waals surface area contributed by atoms with E-state index in [9.17, 15) is 0 Å². The van der Waals surface area contributed by atoms with Crippen LogP contribution in [-0.2, 0) is 0 Å². The number of rotatable bonds is 2. The van der Waals surface area contributed by atoms with E-state index in [1.165, 1.54) is 6.42 Å². The summed E-state index contributed by atoms with van der Waals surface area (Å²) in [5.41, 5.74) is 1.75. The van der Waals surface area contributed by atoms with E-state index in [0.717, 1.165) is 29.9 Å². The minimum atomic E-state index is 0.472. The molecule has 1 aromatic carbocycles. The van der Waals surface area contributed by atoms with Gasteiger partial charge in [-0.2, -0.15) is 9.50 Å². The molecule has 21 heavy (non-hydrogen) atoms. The predicted molar refractivity (Wildman–Crippen MR) is 82.8 cm³/mol. The predicted octanol–water partition coefficient (Wildman–Crippen LogP) is 4.37. The van der Waals surface area contributed by atoms with Crippen molar-refractivity contribution in [1.29, 1.82) is 0 Å². The quantitative estimate of drug-likeness (QED) is 0.704. The molecule has 0 atom stereocenters. The van der Waals surface area contributed by atoms with E-state index in [1.54, 1.807) is 16.8 Å². The van der Waals surface area contributed by atoms with Crippen LogP contribution >= 0.6 is 23.2 Å². The Morgan fingerprint density at radius 3 is 2.71 bits per heavy atom. The summed E-state index contributed by atoms with van der Waals surface area (Å²) in [7, 11) is 0. The highest BCUT2D eigenvalue weighted by Gasteiger charge is 2.24. The van der Waals surface area contributed by atoms with E-state index in [2.05, 4.69) is 15.1 Å². The zero-order valence-corrected chi connectivity index (χ0v) is 12.6. The van der Waals surface area contributed by atoms with Gasteiger partial charge in [-0.25, -0.2) is 4.98 Å². The summed E-state index contributed by atoms with van der Waals surface area (Å²) in [6.45, 7) is 0. The SMILES string of the molecule is Clc1ccc(-c2ccnc3nc(C4CCC4)nn23)c(Cl)c1. The second kappa shape index (κ2) is 4.97. The third-order valence-electron chi connectivity index (χ3n) is 3.93. The number of nitrogens with zero attached hydrogens (tertiary/aromatic N) is 4. The summed E-state index contributed by atoms with van der Waals surface area (Å²) >= 11 is 12.3. The molecule has 4 nitrogen and oxygen atoms in total. The number of halogens is 2. The third-order valence-corrected chi connectivity index (χ3v) is 4.48. The van der Waals surface area contributed by atoms with Gasteiger partial charge >= 0.3 is 0 Å². The molecule has 4 rings (SSSR count). The number of hydrogen-bond acceptors (Lipinski definition) is 3. The Balaban J connectivity index is 1.89. The van der Waals surface area contributed by atoms with Crippen molar-refractivity contribution in [2.75, 3.05) is 0 Å². The highest BCUT2D eigenvalue weighted by atomic mass is 35.5. The molecule has 2 heterocycles. The van der Waals surface area contributed by atoms with E-state index in [4.69, 9.17) is 23.2 Å². The Hall–Kier alpha value is -1.65. The van der Waals surface area contributed by atoms with Gasteiger partial charge in [-0.05, 0) is 37.1 Å². The second-order valence-corrected chi connectivity index (χ2v) is 6.11. The largest absolute Gasteiger partial charge is 0.252 e. The van der Waals surface area contributed by atoms with Crippen LogP contribution in [0.1, 0.15) is 31.0 Å². The molecule has 1 saturated carbocycles. The van der Waals surface area contributed by atoms with Crippen molar-refractivity contribution >= 4 is 29.0 Å². The van der Waals surface area contributed by atoms with Gasteiger partial charge in [0.15, 0.2) is 5.82 Å². The van der Waals surface area contributed by atoms with Crippen LogP contribution in [-0.4, -0.2) is 19.6 Å². The zero-order chi connectivity index (χ0) is 14.4. The van der Waals surface area contributed by atoms with Gasteiger partial charge in [0.1, 0.15) is 0 Å². The summed E-state index contributed by atoms with van der Waals surface area (Å²) in [5, 5.41) is 5.83. The van der Waals surface area contributed by atoms with Gasteiger partial charge in [-0.15, -0.1) is 5.10 Å². The maximum Gasteiger partial charge on any atom is 0.252 e. The highest BCUT2D eigenvalue weighted by molar-refractivity contribution is 6.36. The van der Waals surface area contributed by atoms with Gasteiger partial charge in [-0.1, -0.05) is 29.6 Å². The number of aromatic nitrogens is 4. The highest BCUT2D eigenvalue weighted by Crippen LogP contribution is 2.35. The van der Waals surface area contributed by atoms with Crippen molar-refractivity contribution in [1.82, 2.24) is 19.6 Å². The number of benzene rings is 1. The van der Waals surface area contributed by atoms with Crippen molar-refractivity contribution in [2.45, 2.75) is 25.2 Å². The van der Waals surface area contributed by atoms with Crippen LogP contribution < -0.4 is 0 Å². The molecule has 6 heteroatoms. The molecule has 0 amide bonds. The molecule has 1 fully saturated rings. The molecule has 0 radical (unpaired) electrons. The average Bonchev–Trinajstić information content (AvgIpc) is 2.80. The molecule has 1 aliphatic carbocycles. The minimum Gasteiger partial charge on any atom is -0.220 e. The van der Waals surface area contributed by atoms with Gasteiger partial charge in [0, 0.05) is 22.7 Å². The van der Waals surface area contributed by atoms with E-state index >= 15 is 0 Å². The van der Waals surface area contributed by atoms with Crippen molar-refractivity contribution in [3.05, 3.63) is 46.3 Å². The van der Waals surface area contributed by atoms with Crippen molar-refractivity contribution in [3.8, 4) is 11.3 Å². The van der Waals surface area contributed by atoms with Gasteiger partial charge in [0.2, 0.25) is 0 Å². The van der Waals surface area contributed by atoms with Crippen LogP contribution in [0.15, 0.2) is 30.5 Å². The van der Waals surface area contributed by atoms with Gasteiger partial charge in [-0.3, -0.25) is 0 Å². The molecule has 3 aromatic rings. The molecule has 2 aromatic heterocycles. The maximum absolute atomic E-state index is 6.31. The maximum atomic E-state index is 6.31. The molecule has 106 valence electrons. The van der Waals surface area contributed by atoms with Crippen LogP contribution in [0, 0.1) is 0 Å². The third kappa shape index (κ3) is 2.19. The zero-order valence-electron chi connectivity index (χ0n) is 11.1. The van der Waals surface area contributed by atoms with Crippen LogP contribution in [0.25, 0.3) is 17.0 Å². The molecular weight excluding hydrogens is 307 g/mol. The van der Waals surface area contributed by atoms with Gasteiger partial charge in [0.05, 0.1) is 10.7 Å². The Labute approximate surface area is 131 Å². The van der Waals surface area contributed by atoms with Crippen LogP contribution in [0.5, 0.6) is 0 Å². The first kappa shape index (κ1) is 13.0. The van der Waals surface area contributed by atoms with Gasteiger partial charge < -0.3 is 0 Å². The first-order valence-corrected chi connectivity index (χ1v) is 7.65. The Morgan fingerprint density at radius 1 is 1.14 bits per heavy atom. The summed E-state index contributed by atoms with van der Waals surface area (Å²) in [4.78, 5) is 8.84. The molecular formula is C15H12Cl2N4. The van der Waals surface area contributed by atoms with Crippen molar-refractivity contribution < 1.29 is 0 Å². The van der Waals surface area contributed by atoms with E-state index < -0.39 is 0 Å². The molecule has 0 aliphatic heterocycles. The lowest BCUT2D eigenvalue weighted by Gasteiger charge is -2.21. The normalized spacial score (nSPS) is 15.3. The Bertz CT molecular complexity index is 824. The lowest BCUT2D eigenvalue weighted by atomic mass is 9.85. The fraction of sp³-hybridized carbons (Fsp3) is 0.267. The average molecular weight is 319 g/mol. The first-order chi connectivity index (χ1) is 10.2. The summed E-state index contributed by atoms with van der Waals surface area (Å²) in [5.74, 6) is 1.96. The minimum absolute atomic E-state index is 0.472. The van der Waals surface area contributed by atoms with E-state index in [0.29, 0.717) is 21.7 Å². The van der Waals surface area contributed by atoms with E-state index in [-0.39, 0.29) is 0 Å². The van der Waals surface area contributed by atoms with Crippen molar-refractivity contribution in [3.63, 3.8) is 0 Å². The molecule has 0 spiro atoms. The molecule has 0 unspecified atom stereocenters. The second-order valence-electron chi connectivity index (χ2n) is 5.26. The van der Waals surface area contributed by atoms with Crippen molar-refractivity contribution in [2.24, 2.45) is 0 Å². The summed E-state index contributed by atoms with van der Waals surface area (Å²) in [6, 6.07) is 7.33.